The summed E-state index contributed by atoms with van der Waals surface area (Å²) < 4.78 is 0. The van der Waals surface area contributed by atoms with E-state index >= 15 is 0 Å². The molecule has 1 amide bonds. The molecule has 0 atom stereocenters. The van der Waals surface area contributed by atoms with Crippen molar-refractivity contribution in [2.75, 3.05) is 24.5 Å². The lowest BCUT2D eigenvalue weighted by molar-refractivity contribution is -0.117. The van der Waals surface area contributed by atoms with Crippen LogP contribution < -0.4 is 4.90 Å². The standard InChI is InChI=1S/C22H28N2O.ClH/c1-18-8-6-7-11-22(18)24(19(2)25)21-13-16-23(17-14-21)15-12-20-9-4-3-5-10-20;/h3-11,21H,12-17H2,1-2H3;1H. The molecule has 0 aromatic heterocycles. The maximum atomic E-state index is 12.3. The molecular formula is C22H29ClN2O. The molecule has 1 aliphatic heterocycles. The number of halogens is 1. The van der Waals surface area contributed by atoms with E-state index in [0.717, 1.165) is 44.6 Å². The van der Waals surface area contributed by atoms with Crippen LogP contribution in [0.25, 0.3) is 0 Å². The quantitative estimate of drug-likeness (QED) is 0.772. The molecule has 3 nitrogen and oxygen atoms in total. The molecule has 1 fully saturated rings. The number of benzene rings is 2. The Labute approximate surface area is 163 Å². The van der Waals surface area contributed by atoms with Gasteiger partial charge in [-0.25, -0.2) is 0 Å². The first-order valence-corrected chi connectivity index (χ1v) is 9.27. The number of aryl methyl sites for hydroxylation is 1. The number of para-hydroxylation sites is 1. The van der Waals surface area contributed by atoms with Crippen molar-refractivity contribution in [1.29, 1.82) is 0 Å². The first kappa shape index (κ1) is 20.5. The number of piperidine rings is 1. The third-order valence-electron chi connectivity index (χ3n) is 5.20. The van der Waals surface area contributed by atoms with Gasteiger partial charge in [-0.1, -0.05) is 48.5 Å². The van der Waals surface area contributed by atoms with E-state index < -0.39 is 0 Å². The van der Waals surface area contributed by atoms with E-state index in [-0.39, 0.29) is 18.3 Å². The van der Waals surface area contributed by atoms with Gasteiger partial charge in [-0.3, -0.25) is 4.79 Å². The third kappa shape index (κ3) is 5.09. The fourth-order valence-electron chi connectivity index (χ4n) is 3.79. The van der Waals surface area contributed by atoms with Crippen LogP contribution in [0, 0.1) is 6.92 Å². The van der Waals surface area contributed by atoms with Crippen molar-refractivity contribution in [3.05, 3.63) is 65.7 Å². The van der Waals surface area contributed by atoms with Crippen molar-refractivity contribution in [1.82, 2.24) is 4.90 Å². The highest BCUT2D eigenvalue weighted by Crippen LogP contribution is 2.26. The van der Waals surface area contributed by atoms with Crippen LogP contribution in [0.1, 0.15) is 30.9 Å². The van der Waals surface area contributed by atoms with E-state index in [0.29, 0.717) is 6.04 Å². The summed E-state index contributed by atoms with van der Waals surface area (Å²) in [6.07, 6.45) is 3.19. The zero-order valence-corrected chi connectivity index (χ0v) is 16.5. The fraction of sp³-hybridized carbons (Fsp3) is 0.409. The average molecular weight is 373 g/mol. The molecule has 2 aromatic carbocycles. The predicted molar refractivity (Wildman–Crippen MR) is 111 cm³/mol. The molecule has 0 spiro atoms. The minimum atomic E-state index is 0. The molecule has 3 rings (SSSR count). The minimum absolute atomic E-state index is 0. The predicted octanol–water partition coefficient (Wildman–Crippen LogP) is 4.48. The highest BCUT2D eigenvalue weighted by atomic mass is 35.5. The molecule has 0 saturated carbocycles. The maximum absolute atomic E-state index is 12.3. The summed E-state index contributed by atoms with van der Waals surface area (Å²) in [4.78, 5) is 16.8. The molecule has 1 heterocycles. The van der Waals surface area contributed by atoms with Gasteiger partial charge in [0.25, 0.3) is 0 Å². The maximum Gasteiger partial charge on any atom is 0.224 e. The van der Waals surface area contributed by atoms with E-state index in [1.807, 2.05) is 17.0 Å². The van der Waals surface area contributed by atoms with Gasteiger partial charge < -0.3 is 9.80 Å². The monoisotopic (exact) mass is 372 g/mol. The summed E-state index contributed by atoms with van der Waals surface area (Å²) in [6.45, 7) is 7.00. The van der Waals surface area contributed by atoms with Crippen molar-refractivity contribution in [2.24, 2.45) is 0 Å². The van der Waals surface area contributed by atoms with E-state index in [1.165, 1.54) is 11.1 Å². The lowest BCUT2D eigenvalue weighted by atomic mass is 10.0. The number of amides is 1. The first-order chi connectivity index (χ1) is 12.1. The molecule has 140 valence electrons. The molecule has 26 heavy (non-hydrogen) atoms. The Hall–Kier alpha value is -1.84. The van der Waals surface area contributed by atoms with Crippen LogP contribution in [-0.4, -0.2) is 36.5 Å². The number of hydrogen-bond donors (Lipinski definition) is 0. The number of carbonyl (C=O) groups excluding carboxylic acids is 1. The van der Waals surface area contributed by atoms with Crippen LogP contribution in [-0.2, 0) is 11.2 Å². The third-order valence-corrected chi connectivity index (χ3v) is 5.20. The lowest BCUT2D eigenvalue weighted by Crippen LogP contribution is -2.47. The van der Waals surface area contributed by atoms with E-state index in [9.17, 15) is 4.79 Å². The van der Waals surface area contributed by atoms with Crippen molar-refractivity contribution in [3.63, 3.8) is 0 Å². The van der Waals surface area contributed by atoms with Gasteiger partial charge in [0.15, 0.2) is 0 Å². The molecule has 1 aliphatic rings. The van der Waals surface area contributed by atoms with Gasteiger partial charge in [0.1, 0.15) is 0 Å². The molecule has 0 unspecified atom stereocenters. The zero-order valence-electron chi connectivity index (χ0n) is 15.7. The van der Waals surface area contributed by atoms with Crippen LogP contribution >= 0.6 is 12.4 Å². The van der Waals surface area contributed by atoms with Gasteiger partial charge >= 0.3 is 0 Å². The molecule has 4 heteroatoms. The Morgan fingerprint density at radius 1 is 1.04 bits per heavy atom. The van der Waals surface area contributed by atoms with Gasteiger partial charge in [-0.2, -0.15) is 0 Å². The normalized spacial score (nSPS) is 15.3. The minimum Gasteiger partial charge on any atom is -0.309 e. The van der Waals surface area contributed by atoms with Crippen LogP contribution in [0.3, 0.4) is 0 Å². The highest BCUT2D eigenvalue weighted by Gasteiger charge is 2.27. The molecule has 0 N–H and O–H groups in total. The molecule has 2 aromatic rings. The Bertz CT molecular complexity index is 696. The molecule has 0 aliphatic carbocycles. The van der Waals surface area contributed by atoms with Gasteiger partial charge in [0, 0.05) is 38.3 Å². The number of hydrogen-bond acceptors (Lipinski definition) is 2. The van der Waals surface area contributed by atoms with E-state index in [4.69, 9.17) is 0 Å². The molecule has 0 radical (unpaired) electrons. The van der Waals surface area contributed by atoms with Crippen LogP contribution in [0.4, 0.5) is 5.69 Å². The summed E-state index contributed by atoms with van der Waals surface area (Å²) in [5, 5.41) is 0. The largest absolute Gasteiger partial charge is 0.309 e. The lowest BCUT2D eigenvalue weighted by Gasteiger charge is -2.38. The Morgan fingerprint density at radius 2 is 1.65 bits per heavy atom. The van der Waals surface area contributed by atoms with Crippen LogP contribution in [0.15, 0.2) is 54.6 Å². The van der Waals surface area contributed by atoms with Gasteiger partial charge in [-0.15, -0.1) is 12.4 Å². The Kier molecular flexibility index (Phi) is 7.67. The van der Waals surface area contributed by atoms with Gasteiger partial charge in [-0.05, 0) is 43.4 Å². The van der Waals surface area contributed by atoms with Crippen molar-refractivity contribution in [2.45, 2.75) is 39.2 Å². The molecular weight excluding hydrogens is 344 g/mol. The number of nitrogens with zero attached hydrogens (tertiary/aromatic N) is 2. The van der Waals surface area contributed by atoms with E-state index in [1.54, 1.807) is 6.92 Å². The van der Waals surface area contributed by atoms with Crippen LogP contribution in [0.2, 0.25) is 0 Å². The fourth-order valence-corrected chi connectivity index (χ4v) is 3.79. The van der Waals surface area contributed by atoms with Crippen molar-refractivity contribution < 1.29 is 4.79 Å². The second-order valence-electron chi connectivity index (χ2n) is 6.98. The average Bonchev–Trinajstić information content (AvgIpc) is 2.63. The van der Waals surface area contributed by atoms with Crippen LogP contribution in [0.5, 0.6) is 0 Å². The molecule has 1 saturated heterocycles. The first-order valence-electron chi connectivity index (χ1n) is 9.27. The summed E-state index contributed by atoms with van der Waals surface area (Å²) in [5.74, 6) is 0.150. The summed E-state index contributed by atoms with van der Waals surface area (Å²) >= 11 is 0. The zero-order chi connectivity index (χ0) is 17.6. The number of likely N-dealkylation sites (tertiary alicyclic amines) is 1. The van der Waals surface area contributed by atoms with Crippen molar-refractivity contribution in [3.8, 4) is 0 Å². The Balaban J connectivity index is 0.00000243. The smallest absolute Gasteiger partial charge is 0.224 e. The molecule has 0 bridgehead atoms. The van der Waals surface area contributed by atoms with Crippen molar-refractivity contribution >= 4 is 24.0 Å². The summed E-state index contributed by atoms with van der Waals surface area (Å²) in [5.41, 5.74) is 3.64. The number of rotatable bonds is 5. The second kappa shape index (κ2) is 9.75. The second-order valence-corrected chi connectivity index (χ2v) is 6.98. The summed E-state index contributed by atoms with van der Waals surface area (Å²) in [7, 11) is 0. The highest BCUT2D eigenvalue weighted by molar-refractivity contribution is 5.92. The number of carbonyl (C=O) groups is 1. The van der Waals surface area contributed by atoms with Gasteiger partial charge in [0.05, 0.1) is 0 Å². The Morgan fingerprint density at radius 3 is 2.27 bits per heavy atom. The topological polar surface area (TPSA) is 23.6 Å². The van der Waals surface area contributed by atoms with E-state index in [2.05, 4.69) is 54.3 Å². The SMILES string of the molecule is CC(=O)N(c1ccccc1C)C1CCN(CCc2ccccc2)CC1.Cl. The van der Waals surface area contributed by atoms with Gasteiger partial charge in [0.2, 0.25) is 5.91 Å². The summed E-state index contributed by atoms with van der Waals surface area (Å²) in [6, 6.07) is 19.2. The number of anilines is 1.